The molecule has 20 heteroatoms. The van der Waals surface area contributed by atoms with Gasteiger partial charge in [0.05, 0.1) is 22.1 Å². The van der Waals surface area contributed by atoms with Gasteiger partial charge in [-0.25, -0.2) is 19.9 Å². The van der Waals surface area contributed by atoms with Gasteiger partial charge in [0, 0.05) is 86.2 Å². The second kappa shape index (κ2) is 26.4. The van der Waals surface area contributed by atoms with Crippen LogP contribution in [0.25, 0.3) is 199 Å². The molecule has 12 aromatic heterocycles. The van der Waals surface area contributed by atoms with Crippen LogP contribution in [0.15, 0.2) is 236 Å². The van der Waals surface area contributed by atoms with Gasteiger partial charge in [0.15, 0.2) is 22.3 Å². The van der Waals surface area contributed by atoms with E-state index in [9.17, 15) is 0 Å². The van der Waals surface area contributed by atoms with E-state index in [1.807, 2.05) is 97.9 Å². The van der Waals surface area contributed by atoms with Crippen LogP contribution in [-0.4, -0.2) is 78.1 Å². The van der Waals surface area contributed by atoms with E-state index in [1.54, 1.807) is 0 Å². The van der Waals surface area contributed by atoms with Crippen molar-refractivity contribution in [2.45, 2.75) is 83.1 Å². The molecule has 0 bridgehead atoms. The quantitative estimate of drug-likeness (QED) is 0.160. The molecule has 0 saturated carbocycles. The highest BCUT2D eigenvalue weighted by molar-refractivity contribution is 6.26. The minimum atomic E-state index is 0.616. The number of nitrogens with zero attached hydrogens (tertiary/aromatic N) is 16. The fraction of sp³-hybridized carbons (Fsp3) is 0.125. The molecule has 116 heavy (non-hydrogen) atoms. The molecule has 0 unspecified atom stereocenters. The highest BCUT2D eigenvalue weighted by Crippen LogP contribution is 2.46. The van der Waals surface area contributed by atoms with E-state index in [4.69, 9.17) is 17.7 Å². The number of para-hydroxylation sites is 5. The molecule has 12 aromatic carbocycles. The van der Waals surface area contributed by atoms with Crippen molar-refractivity contribution >= 4 is 175 Å². The van der Waals surface area contributed by atoms with Gasteiger partial charge in [0.25, 0.3) is 0 Å². The Bertz CT molecular complexity index is 7930. The standard InChI is InChI=1S/4C24H18N4O/c1-13-7-6-9-18-19-12-11-17-16-8-4-5-10-20(16)28(21(17)23(19)29-22(13)18)24-26-14(2)25-15(3)27-24;1-13-7-6-10-20-21(13)18-12-11-17-16-8-4-5-9-19(16)28(22(17)23(18)29-20)24-26-14(2)25-15(3)27-24;1-13-8-11-21-19(12-13)18-10-9-17-16-6-4-5-7-20(16)28(22(17)23(18)29-21)24-26-14(2)25-15(3)27-24;1-13-8-9-17-19-11-10-18-16-6-4-5-7-20(16)28(22(18)23(19)29-21(17)12-13)24-26-14(2)25-15(3)27-24/h4*4-12H,1-3H3. The summed E-state index contributed by atoms with van der Waals surface area (Å²) in [6.45, 7) is 23.5. The first-order valence-corrected chi connectivity index (χ1v) is 38.6. The third-order valence-electron chi connectivity index (χ3n) is 22.0. The SMILES string of the molecule is Cc1ccc2c(c1)oc1c2ccc2c3ccccc3n(-c3nc(C)nc(C)n3)c21.Cc1ccc2oc3c(ccc4c5ccccc5n(-c5nc(C)nc(C)n5)c43)c2c1.Cc1nc(C)nc(-n2c3ccccc3c3ccc4c(oc5cccc(C)c54)c32)n1.Cc1nc(C)nc(-n2c3ccccc3c3ccc4c5cccc(C)c5oc4c32)n1. The molecule has 0 aliphatic heterocycles. The van der Waals surface area contributed by atoms with Crippen LogP contribution in [-0.2, 0) is 0 Å². The van der Waals surface area contributed by atoms with Crippen molar-refractivity contribution in [2.75, 3.05) is 0 Å². The Kier molecular flexibility index (Phi) is 15.7. The van der Waals surface area contributed by atoms with Crippen LogP contribution in [0.5, 0.6) is 0 Å². The van der Waals surface area contributed by atoms with Crippen LogP contribution >= 0.6 is 0 Å². The summed E-state index contributed by atoms with van der Waals surface area (Å²) < 4.78 is 34.1. The van der Waals surface area contributed by atoms with Crippen molar-refractivity contribution in [3.8, 4) is 23.8 Å². The third kappa shape index (κ3) is 10.9. The van der Waals surface area contributed by atoms with Gasteiger partial charge in [-0.15, -0.1) is 0 Å². The minimum absolute atomic E-state index is 0.616. The number of benzene rings is 12. The fourth-order valence-electron chi connectivity index (χ4n) is 17.4. The van der Waals surface area contributed by atoms with Crippen LogP contribution < -0.4 is 0 Å². The highest BCUT2D eigenvalue weighted by Gasteiger charge is 2.27. The lowest BCUT2D eigenvalue weighted by molar-refractivity contribution is 0.667. The van der Waals surface area contributed by atoms with E-state index in [1.165, 1.54) is 16.7 Å². The molecule has 0 radical (unpaired) electrons. The van der Waals surface area contributed by atoms with Gasteiger partial charge in [0.1, 0.15) is 91.0 Å². The molecular weight excluding hydrogens is 1440 g/mol. The first-order valence-electron chi connectivity index (χ1n) is 38.6. The predicted molar refractivity (Wildman–Crippen MR) is 463 cm³/mol. The second-order valence-corrected chi connectivity index (χ2v) is 30.0. The summed E-state index contributed by atoms with van der Waals surface area (Å²) >= 11 is 0. The molecule has 24 rings (SSSR count). The molecule has 560 valence electrons. The van der Waals surface area contributed by atoms with Crippen molar-refractivity contribution < 1.29 is 17.7 Å². The topological polar surface area (TPSA) is 227 Å². The van der Waals surface area contributed by atoms with Gasteiger partial charge in [0.2, 0.25) is 23.8 Å². The molecule has 0 fully saturated rings. The Hall–Kier alpha value is -14.9. The van der Waals surface area contributed by atoms with Gasteiger partial charge in [-0.3, -0.25) is 18.3 Å². The molecule has 12 heterocycles. The Morgan fingerprint density at radius 1 is 0.198 bits per heavy atom. The lowest BCUT2D eigenvalue weighted by Crippen LogP contribution is -2.06. The van der Waals surface area contributed by atoms with Crippen LogP contribution in [0.2, 0.25) is 0 Å². The maximum Gasteiger partial charge on any atom is 0.238 e. The number of aryl methyl sites for hydroxylation is 12. The summed E-state index contributed by atoms with van der Waals surface area (Å²) in [5.74, 6) is 8.06. The van der Waals surface area contributed by atoms with Crippen molar-refractivity contribution in [1.82, 2.24) is 78.1 Å². The third-order valence-corrected chi connectivity index (χ3v) is 22.0. The zero-order chi connectivity index (χ0) is 78.8. The first-order chi connectivity index (χ1) is 56.4. The maximum atomic E-state index is 6.46. The number of aromatic nitrogens is 16. The van der Waals surface area contributed by atoms with Crippen LogP contribution in [0.1, 0.15) is 68.8 Å². The summed E-state index contributed by atoms with van der Waals surface area (Å²) in [4.78, 5) is 54.6. The van der Waals surface area contributed by atoms with Crippen LogP contribution in [0, 0.1) is 83.1 Å². The molecule has 0 saturated heterocycles. The zero-order valence-corrected chi connectivity index (χ0v) is 65.6. The first kappa shape index (κ1) is 69.1. The lowest BCUT2D eigenvalue weighted by atomic mass is 10.1. The monoisotopic (exact) mass is 1510 g/mol. The Morgan fingerprint density at radius 2 is 0.500 bits per heavy atom. The van der Waals surface area contributed by atoms with Crippen molar-refractivity contribution in [2.24, 2.45) is 0 Å². The molecule has 0 atom stereocenters. The maximum absolute atomic E-state index is 6.46. The number of rotatable bonds is 4. The lowest BCUT2D eigenvalue weighted by Gasteiger charge is -2.07. The van der Waals surface area contributed by atoms with E-state index >= 15 is 0 Å². The van der Waals surface area contributed by atoms with Gasteiger partial charge in [-0.2, -0.15) is 39.9 Å². The average molecular weight is 1510 g/mol. The van der Waals surface area contributed by atoms with E-state index in [0.717, 1.165) is 181 Å². The van der Waals surface area contributed by atoms with Crippen LogP contribution in [0.4, 0.5) is 0 Å². The van der Waals surface area contributed by atoms with Gasteiger partial charge in [-0.1, -0.05) is 151 Å². The Balaban J connectivity index is 0.0000000966. The molecule has 0 aliphatic rings. The van der Waals surface area contributed by atoms with Crippen molar-refractivity contribution in [1.29, 1.82) is 0 Å². The molecule has 24 aromatic rings. The molecule has 0 N–H and O–H groups in total. The van der Waals surface area contributed by atoms with Crippen molar-refractivity contribution in [3.63, 3.8) is 0 Å². The summed E-state index contributed by atoms with van der Waals surface area (Å²) in [6, 6.07) is 75.7. The number of hydrogen-bond donors (Lipinski definition) is 0. The zero-order valence-electron chi connectivity index (χ0n) is 65.6. The summed E-state index contributed by atoms with van der Waals surface area (Å²) in [7, 11) is 0. The summed E-state index contributed by atoms with van der Waals surface area (Å²) in [5, 5.41) is 18.0. The second-order valence-electron chi connectivity index (χ2n) is 30.0. The van der Waals surface area contributed by atoms with E-state index in [-0.39, 0.29) is 0 Å². The molecule has 20 nitrogen and oxygen atoms in total. The average Bonchev–Trinajstić information content (AvgIpc) is 1.58. The fourth-order valence-corrected chi connectivity index (χ4v) is 17.4. The van der Waals surface area contributed by atoms with E-state index in [2.05, 4.69) is 282 Å². The Morgan fingerprint density at radius 3 is 0.940 bits per heavy atom. The number of furan rings is 4. The predicted octanol–water partition coefficient (Wildman–Crippen LogP) is 23.2. The largest absolute Gasteiger partial charge is 0.454 e. The smallest absolute Gasteiger partial charge is 0.238 e. The molecule has 0 spiro atoms. The summed E-state index contributed by atoms with van der Waals surface area (Å²) in [6.07, 6.45) is 0. The van der Waals surface area contributed by atoms with Crippen molar-refractivity contribution in [3.05, 3.63) is 287 Å². The Labute approximate surface area is 661 Å². The number of hydrogen-bond acceptors (Lipinski definition) is 16. The van der Waals surface area contributed by atoms with Crippen LogP contribution in [0.3, 0.4) is 0 Å². The molecule has 0 amide bonds. The normalized spacial score (nSPS) is 12.0. The van der Waals surface area contributed by atoms with Gasteiger partial charge in [-0.05, 0) is 173 Å². The van der Waals surface area contributed by atoms with Gasteiger partial charge >= 0.3 is 0 Å². The highest BCUT2D eigenvalue weighted by atomic mass is 16.3. The minimum Gasteiger partial charge on any atom is -0.454 e. The van der Waals surface area contributed by atoms with E-state index < -0.39 is 0 Å². The van der Waals surface area contributed by atoms with Gasteiger partial charge < -0.3 is 17.7 Å². The molecule has 0 aliphatic carbocycles. The number of fused-ring (bicyclic) bond motifs is 28. The summed E-state index contributed by atoms with van der Waals surface area (Å²) in [5.41, 5.74) is 19.9. The van der Waals surface area contributed by atoms with E-state index in [0.29, 0.717) is 70.4 Å². The molecular formula is C96H72N16O4.